The molecule has 0 fully saturated rings. The maximum Gasteiger partial charge on any atom is 0.187 e. The molecule has 4 nitrogen and oxygen atoms in total. The molecule has 1 unspecified atom stereocenters. The van der Waals surface area contributed by atoms with E-state index >= 15 is 0 Å². The molecule has 1 atom stereocenters. The van der Waals surface area contributed by atoms with E-state index in [4.69, 9.17) is 6.57 Å². The molecule has 0 aliphatic heterocycles. The van der Waals surface area contributed by atoms with Gasteiger partial charge in [-0.2, -0.15) is 5.26 Å². The van der Waals surface area contributed by atoms with Crippen molar-refractivity contribution in [3.05, 3.63) is 245 Å². The molecule has 9 aromatic rings. The summed E-state index contributed by atoms with van der Waals surface area (Å²) in [6.07, 6.45) is 0. The van der Waals surface area contributed by atoms with Crippen LogP contribution in [0, 0.1) is 17.9 Å². The first kappa shape index (κ1) is 34.1. The minimum Gasteiger partial charge on any atom is -0.310 e. The summed E-state index contributed by atoms with van der Waals surface area (Å²) in [4.78, 5) is 8.28. The van der Waals surface area contributed by atoms with Crippen LogP contribution in [0.15, 0.2) is 206 Å². The molecule has 4 heteroatoms. The summed E-state index contributed by atoms with van der Waals surface area (Å²) in [5.74, 6) is 0. The fourth-order valence-electron chi connectivity index (χ4n) is 9.69. The van der Waals surface area contributed by atoms with Crippen LogP contribution in [-0.2, 0) is 5.41 Å². The SMILES string of the molecule is [C-]#[N+]c1ccc(N(c2ccccc2)c2ccc3c4c(cccc24)C2(c4ccccc4-c4ccc(N(c5ccccc5)c5ccc(C#N)cc5)cc42)c2ccccc2-3)cc1. The lowest BCUT2D eigenvalue weighted by molar-refractivity contribution is 0.773. The average molecular weight is 751 g/mol. The average Bonchev–Trinajstić information content (AvgIpc) is 3.59. The van der Waals surface area contributed by atoms with Crippen LogP contribution in [0.5, 0.6) is 0 Å². The van der Waals surface area contributed by atoms with Gasteiger partial charge in [0.15, 0.2) is 5.69 Å². The fourth-order valence-corrected chi connectivity index (χ4v) is 9.69. The summed E-state index contributed by atoms with van der Waals surface area (Å²) in [7, 11) is 0. The van der Waals surface area contributed by atoms with Crippen LogP contribution in [0.1, 0.15) is 27.8 Å². The number of anilines is 6. The van der Waals surface area contributed by atoms with Gasteiger partial charge in [-0.1, -0.05) is 127 Å². The number of nitriles is 1. The summed E-state index contributed by atoms with van der Waals surface area (Å²) < 4.78 is 0. The Labute approximate surface area is 343 Å². The van der Waals surface area contributed by atoms with Gasteiger partial charge in [0.05, 0.1) is 29.3 Å². The van der Waals surface area contributed by atoms with Crippen molar-refractivity contribution in [2.45, 2.75) is 5.41 Å². The van der Waals surface area contributed by atoms with Gasteiger partial charge >= 0.3 is 0 Å². The minimum atomic E-state index is -0.633. The summed E-state index contributed by atoms with van der Waals surface area (Å²) in [6, 6.07) is 75.2. The Bertz CT molecular complexity index is 3180. The first-order chi connectivity index (χ1) is 29.2. The molecule has 1 spiro atoms. The fraction of sp³-hybridized carbons (Fsp3) is 0.0182. The van der Waals surface area contributed by atoms with E-state index in [1.165, 1.54) is 49.9 Å². The number of fused-ring (bicyclic) bond motifs is 9. The van der Waals surface area contributed by atoms with E-state index in [1.807, 2.05) is 60.7 Å². The van der Waals surface area contributed by atoms with E-state index in [2.05, 4.69) is 166 Å². The van der Waals surface area contributed by atoms with E-state index in [9.17, 15) is 5.26 Å². The normalized spacial score (nSPS) is 14.1. The highest BCUT2D eigenvalue weighted by molar-refractivity contribution is 6.12. The summed E-state index contributed by atoms with van der Waals surface area (Å²) in [6.45, 7) is 7.61. The third-order valence-corrected chi connectivity index (χ3v) is 12.1. The summed E-state index contributed by atoms with van der Waals surface area (Å²) in [5, 5.41) is 12.0. The Morgan fingerprint density at radius 3 is 1.59 bits per heavy atom. The second-order valence-electron chi connectivity index (χ2n) is 15.1. The zero-order valence-electron chi connectivity index (χ0n) is 31.9. The molecule has 0 saturated heterocycles. The highest BCUT2D eigenvalue weighted by atomic mass is 15.1. The van der Waals surface area contributed by atoms with Crippen molar-refractivity contribution in [2.75, 3.05) is 9.80 Å². The smallest absolute Gasteiger partial charge is 0.187 e. The zero-order chi connectivity index (χ0) is 39.5. The number of benzene rings is 9. The molecule has 0 aromatic heterocycles. The Balaban J connectivity index is 1.21. The van der Waals surface area contributed by atoms with Gasteiger partial charge < -0.3 is 9.80 Å². The maximum absolute atomic E-state index is 9.65. The lowest BCUT2D eigenvalue weighted by atomic mass is 9.61. The molecular weight excluding hydrogens is 717 g/mol. The molecule has 0 N–H and O–H groups in total. The van der Waals surface area contributed by atoms with Gasteiger partial charge in [0, 0.05) is 33.8 Å². The number of hydrogen-bond donors (Lipinski definition) is 0. The molecule has 0 saturated carbocycles. The highest BCUT2D eigenvalue weighted by Gasteiger charge is 2.50. The van der Waals surface area contributed by atoms with Gasteiger partial charge in [0.2, 0.25) is 0 Å². The Morgan fingerprint density at radius 1 is 0.424 bits per heavy atom. The van der Waals surface area contributed by atoms with Gasteiger partial charge in [-0.3, -0.25) is 0 Å². The number of para-hydroxylation sites is 2. The molecule has 274 valence electrons. The van der Waals surface area contributed by atoms with E-state index in [0.29, 0.717) is 11.3 Å². The Morgan fingerprint density at radius 2 is 0.932 bits per heavy atom. The highest BCUT2D eigenvalue weighted by Crippen LogP contribution is 2.63. The van der Waals surface area contributed by atoms with Crippen LogP contribution in [-0.4, -0.2) is 0 Å². The Hall–Kier alpha value is -8.18. The summed E-state index contributed by atoms with van der Waals surface area (Å²) in [5.41, 5.74) is 16.6. The topological polar surface area (TPSA) is 34.6 Å². The van der Waals surface area contributed by atoms with Crippen LogP contribution < -0.4 is 9.80 Å². The van der Waals surface area contributed by atoms with Crippen LogP contribution in [0.4, 0.5) is 39.8 Å². The van der Waals surface area contributed by atoms with Gasteiger partial charge in [-0.05, 0) is 129 Å². The van der Waals surface area contributed by atoms with Gasteiger partial charge in [-0.25, -0.2) is 4.85 Å². The van der Waals surface area contributed by atoms with Crippen molar-refractivity contribution in [3.8, 4) is 28.3 Å². The zero-order valence-corrected chi connectivity index (χ0v) is 31.9. The molecule has 0 amide bonds. The van der Waals surface area contributed by atoms with Crippen molar-refractivity contribution in [3.63, 3.8) is 0 Å². The van der Waals surface area contributed by atoms with Crippen molar-refractivity contribution in [2.24, 2.45) is 0 Å². The monoisotopic (exact) mass is 750 g/mol. The van der Waals surface area contributed by atoms with Gasteiger partial charge in [-0.15, -0.1) is 0 Å². The van der Waals surface area contributed by atoms with Crippen LogP contribution in [0.3, 0.4) is 0 Å². The summed E-state index contributed by atoms with van der Waals surface area (Å²) >= 11 is 0. The molecule has 0 radical (unpaired) electrons. The van der Waals surface area contributed by atoms with E-state index in [1.54, 1.807) is 0 Å². The minimum absolute atomic E-state index is 0.611. The molecule has 0 heterocycles. The van der Waals surface area contributed by atoms with Crippen molar-refractivity contribution in [1.29, 1.82) is 5.26 Å². The second-order valence-corrected chi connectivity index (χ2v) is 15.1. The van der Waals surface area contributed by atoms with E-state index in [0.717, 1.165) is 39.5 Å². The number of hydrogen-bond acceptors (Lipinski definition) is 3. The molecule has 59 heavy (non-hydrogen) atoms. The molecule has 2 aliphatic rings. The standard InChI is InChI=1S/C55H34N4/c1-57-38-25-29-42(30-26-38)59(40-15-6-3-7-16-40)53-34-33-47-45-18-9-11-21-50(45)55(51-22-12-19-48(53)54(47)51)49-20-10-8-17-44(49)46-32-31-43(35-52(46)55)58(39-13-4-2-5-14-39)41-27-23-37(36-56)24-28-41/h2-35H. The molecule has 11 rings (SSSR count). The predicted octanol–water partition coefficient (Wildman–Crippen LogP) is 14.5. The first-order valence-electron chi connectivity index (χ1n) is 19.8. The number of rotatable bonds is 6. The van der Waals surface area contributed by atoms with E-state index < -0.39 is 5.41 Å². The third-order valence-electron chi connectivity index (χ3n) is 12.1. The van der Waals surface area contributed by atoms with Crippen LogP contribution in [0.25, 0.3) is 37.9 Å². The van der Waals surface area contributed by atoms with Crippen molar-refractivity contribution >= 4 is 50.6 Å². The molecule has 2 aliphatic carbocycles. The predicted molar refractivity (Wildman–Crippen MR) is 241 cm³/mol. The van der Waals surface area contributed by atoms with Gasteiger partial charge in [0.1, 0.15) is 0 Å². The molecular formula is C55H34N4. The first-order valence-corrected chi connectivity index (χ1v) is 19.8. The second kappa shape index (κ2) is 13.5. The van der Waals surface area contributed by atoms with Crippen LogP contribution >= 0.6 is 0 Å². The quantitative estimate of drug-likeness (QED) is 0.159. The maximum atomic E-state index is 9.65. The Kier molecular flexibility index (Phi) is 7.80. The third kappa shape index (κ3) is 5.08. The van der Waals surface area contributed by atoms with E-state index in [-0.39, 0.29) is 0 Å². The lowest BCUT2D eigenvalue weighted by Crippen LogP contribution is -2.32. The van der Waals surface area contributed by atoms with Crippen LogP contribution in [0.2, 0.25) is 0 Å². The van der Waals surface area contributed by atoms with Gasteiger partial charge in [0.25, 0.3) is 0 Å². The van der Waals surface area contributed by atoms with Crippen molar-refractivity contribution < 1.29 is 0 Å². The molecule has 9 aromatic carbocycles. The lowest BCUT2D eigenvalue weighted by Gasteiger charge is -2.41. The number of nitrogens with zero attached hydrogens (tertiary/aromatic N) is 4. The molecule has 0 bridgehead atoms. The largest absolute Gasteiger partial charge is 0.310 e. The van der Waals surface area contributed by atoms with Crippen molar-refractivity contribution in [1.82, 2.24) is 0 Å².